The number of aliphatic hydroxyl groups excluding tert-OH is 2. The third-order valence-electron chi connectivity index (χ3n) is 11.5. The van der Waals surface area contributed by atoms with Crippen LogP contribution in [0.5, 0.6) is 0 Å². The van der Waals surface area contributed by atoms with Crippen LogP contribution in [-0.4, -0.2) is 176 Å². The number of carboxylic acid groups (broad SMARTS) is 2. The van der Waals surface area contributed by atoms with Crippen LogP contribution in [-0.2, 0) is 62.3 Å². The highest BCUT2D eigenvalue weighted by Gasteiger charge is 2.42. The molecule has 1 heterocycles. The van der Waals surface area contributed by atoms with Crippen LogP contribution in [0.25, 0.3) is 0 Å². The fourth-order valence-corrected chi connectivity index (χ4v) is 7.51. The molecule has 1 aliphatic rings. The Bertz CT molecular complexity index is 1980. The van der Waals surface area contributed by atoms with Crippen LogP contribution >= 0.6 is 0 Å². The van der Waals surface area contributed by atoms with Crippen molar-refractivity contribution < 1.29 is 82.8 Å². The van der Waals surface area contributed by atoms with E-state index >= 15 is 0 Å². The molecule has 14 N–H and O–H groups in total. The largest absolute Gasteiger partial charge is 0.481 e. The topological polar surface area (TPSA) is 428 Å². The van der Waals surface area contributed by atoms with Gasteiger partial charge in [-0.15, -0.1) is 0 Å². The van der Waals surface area contributed by atoms with Crippen molar-refractivity contribution in [2.24, 2.45) is 11.7 Å². The number of Topliss-reactive ketones (excluding diaryl/α,β-unsaturated/α-hetero) is 1. The van der Waals surface area contributed by atoms with Crippen molar-refractivity contribution in [2.45, 2.75) is 192 Å². The van der Waals surface area contributed by atoms with Gasteiger partial charge in [0.15, 0.2) is 0 Å². The molecule has 0 aromatic carbocycles. The number of likely N-dealkylation sites (tertiary alicyclic amines) is 1. The van der Waals surface area contributed by atoms with E-state index in [2.05, 4.69) is 38.8 Å². The van der Waals surface area contributed by atoms with Gasteiger partial charge >= 0.3 is 11.9 Å². The lowest BCUT2D eigenvalue weighted by molar-refractivity contribution is -0.147. The number of hydrogen-bond acceptors (Lipinski definition) is 15. The first kappa shape index (κ1) is 64.2. The van der Waals surface area contributed by atoms with Gasteiger partial charge < -0.3 is 73.6 Å². The van der Waals surface area contributed by atoms with Crippen molar-refractivity contribution in [1.82, 2.24) is 47.4 Å². The monoisotopic (exact) mass is 1040 g/mol. The molecule has 0 saturated carbocycles. The van der Waals surface area contributed by atoms with E-state index in [1.807, 2.05) is 24.5 Å². The van der Waals surface area contributed by atoms with E-state index in [9.17, 15) is 72.5 Å². The Morgan fingerprint density at radius 1 is 0.603 bits per heavy atom. The maximum atomic E-state index is 14.0. The number of aliphatic hydroxyl groups is 2. The molecular weight excluding hydrogens is 965 g/mol. The van der Waals surface area contributed by atoms with Crippen LogP contribution < -0.4 is 48.3 Å². The minimum absolute atomic E-state index is 0.0103. The molecule has 412 valence electrons. The molecule has 0 radical (unpaired) electrons. The summed E-state index contributed by atoms with van der Waals surface area (Å²) in [4.78, 5) is 166. The number of ketones is 1. The minimum Gasteiger partial charge on any atom is -0.481 e. The first-order valence-corrected chi connectivity index (χ1v) is 24.4. The zero-order chi connectivity index (χ0) is 55.7. The zero-order valence-corrected chi connectivity index (χ0v) is 42.6. The molecule has 10 atom stereocenters. The van der Waals surface area contributed by atoms with Gasteiger partial charge in [0.1, 0.15) is 42.3 Å². The molecule has 1 fully saturated rings. The predicted octanol–water partition coefficient (Wildman–Crippen LogP) is -3.52. The molecule has 1 rings (SSSR count). The number of nitrogens with one attached hydrogen (secondary N) is 8. The summed E-state index contributed by atoms with van der Waals surface area (Å²) < 4.78 is 0. The van der Waals surface area contributed by atoms with Crippen LogP contribution in [0.2, 0.25) is 0 Å². The number of nitrogens with two attached hydrogens (primary N) is 1. The van der Waals surface area contributed by atoms with E-state index in [4.69, 9.17) is 15.9 Å². The Hall–Kier alpha value is -6.77. The zero-order valence-electron chi connectivity index (χ0n) is 42.6. The molecule has 0 bridgehead atoms. The fraction of sp³-hybridized carbons (Fsp3) is 0.717. The molecule has 0 spiro atoms. The maximum absolute atomic E-state index is 14.0. The number of rotatable bonds is 34. The predicted molar refractivity (Wildman–Crippen MR) is 257 cm³/mol. The summed E-state index contributed by atoms with van der Waals surface area (Å²) in [6.07, 6.45) is 2.88. The lowest BCUT2D eigenvalue weighted by Gasteiger charge is -2.32. The number of primary amides is 1. The second kappa shape index (κ2) is 32.3. The molecule has 1 unspecified atom stereocenters. The lowest BCUT2D eigenvalue weighted by atomic mass is 10.0. The highest BCUT2D eigenvalue weighted by molar-refractivity contribution is 6.38. The second-order valence-corrected chi connectivity index (χ2v) is 18.6. The minimum atomic E-state index is -1.85. The molecule has 1 saturated heterocycles. The molecule has 27 nitrogen and oxygen atoms in total. The fourth-order valence-electron chi connectivity index (χ4n) is 7.51. The average Bonchev–Trinajstić information content (AvgIpc) is 3.80. The number of aliphatic carboxylic acids is 2. The van der Waals surface area contributed by atoms with Crippen molar-refractivity contribution in [3.63, 3.8) is 0 Å². The van der Waals surface area contributed by atoms with Gasteiger partial charge in [0, 0.05) is 13.0 Å². The number of carbonyl (C=O) groups is 13. The Labute approximate surface area is 423 Å². The summed E-state index contributed by atoms with van der Waals surface area (Å²) in [7, 11) is 0. The highest BCUT2D eigenvalue weighted by atomic mass is 16.4. The van der Waals surface area contributed by atoms with Gasteiger partial charge in [0.2, 0.25) is 58.9 Å². The average molecular weight is 1040 g/mol. The lowest BCUT2D eigenvalue weighted by Crippen LogP contribution is -2.62. The third-order valence-corrected chi connectivity index (χ3v) is 11.5. The molecule has 10 amide bonds. The molecule has 0 aromatic rings. The second-order valence-electron chi connectivity index (χ2n) is 18.6. The normalized spacial score (nSPS) is 16.8. The summed E-state index contributed by atoms with van der Waals surface area (Å²) in [5, 5.41) is 57.1. The number of carboxylic acids is 2. The first-order valence-electron chi connectivity index (χ1n) is 24.4. The molecule has 73 heavy (non-hydrogen) atoms. The summed E-state index contributed by atoms with van der Waals surface area (Å²) in [5.74, 6) is -14.6. The number of amides is 10. The number of carbonyl (C=O) groups excluding carboxylic acids is 11. The summed E-state index contributed by atoms with van der Waals surface area (Å²) in [6, 6.07) is -12.4. The van der Waals surface area contributed by atoms with Gasteiger partial charge in [-0.05, 0) is 59.3 Å². The molecule has 1 aliphatic heterocycles. The van der Waals surface area contributed by atoms with E-state index in [0.717, 1.165) is 64.2 Å². The smallest absolute Gasteiger partial charge is 0.326 e. The van der Waals surface area contributed by atoms with Crippen molar-refractivity contribution >= 4 is 76.8 Å². The molecule has 27 heteroatoms. The summed E-state index contributed by atoms with van der Waals surface area (Å²) in [5.41, 5.74) is 5.26. The van der Waals surface area contributed by atoms with Crippen LogP contribution in [0.3, 0.4) is 0 Å². The summed E-state index contributed by atoms with van der Waals surface area (Å²) in [6.45, 7) is 9.45. The van der Waals surface area contributed by atoms with Crippen molar-refractivity contribution in [2.75, 3.05) is 13.1 Å². The third kappa shape index (κ3) is 23.6. The Morgan fingerprint density at radius 2 is 1.16 bits per heavy atom. The molecular formula is C46H76N10O17. The maximum Gasteiger partial charge on any atom is 0.326 e. The first-order chi connectivity index (χ1) is 34.1. The van der Waals surface area contributed by atoms with Crippen molar-refractivity contribution in [3.8, 4) is 0 Å². The van der Waals surface area contributed by atoms with E-state index in [1.54, 1.807) is 0 Å². The number of hydrogen-bond donors (Lipinski definition) is 13. The summed E-state index contributed by atoms with van der Waals surface area (Å²) >= 11 is 0. The SMILES string of the molecule is CCCCCCCCCC(=O)N[C@@H](CC(C)C)C(=O)N[C@H](C(=O)N1CCC[C@H]1C(=O)N[C@H](C(=O)N[C@@H](C)C(=O)N[C@@H](CC(N)=O)C(=O)NC(C)C(=O)C(=O)NCC(=O)N[C@@H](CC(=O)O)C(=O)O)[C@@H](C)O)[C@@H](C)O. The van der Waals surface area contributed by atoms with Crippen LogP contribution in [0, 0.1) is 5.92 Å². The number of nitrogens with zero attached hydrogens (tertiary/aromatic N) is 1. The van der Waals surface area contributed by atoms with Gasteiger partial charge in [0.05, 0.1) is 37.6 Å². The van der Waals surface area contributed by atoms with Crippen LogP contribution in [0.4, 0.5) is 0 Å². The van der Waals surface area contributed by atoms with E-state index in [-0.39, 0.29) is 37.6 Å². The number of unbranched alkanes of at least 4 members (excludes halogenated alkanes) is 6. The Balaban J connectivity index is 3.00. The molecule has 0 aliphatic carbocycles. The molecule has 0 aromatic heterocycles. The van der Waals surface area contributed by atoms with Gasteiger partial charge in [0.25, 0.3) is 5.91 Å². The van der Waals surface area contributed by atoms with Crippen molar-refractivity contribution in [1.29, 1.82) is 0 Å². The standard InChI is InChI=1S/C46H76N10O17/c1-8-9-10-11-12-13-14-17-33(60)51-28(19-23(2)3)41(67)55-37(27(7)58)45(71)56-18-15-16-31(56)42(68)54-36(26(6)57)43(69)50-25(5)39(65)53-29(20-32(47)59)40(66)49-24(4)38(64)44(70)48-22-34(61)52-30(46(72)73)21-35(62)63/h23-31,36-37,57-58H,8-22H2,1-7H3,(H2,47,59)(H,48,70)(H,49,66)(H,50,69)(H,51,60)(H,52,61)(H,53,65)(H,54,68)(H,55,67)(H,62,63)(H,72,73)/t24?,25-,26+,27+,28-,29-,30-,31-,36-,37-/m0/s1. The van der Waals surface area contributed by atoms with Gasteiger partial charge in [-0.3, -0.25) is 57.5 Å². The van der Waals surface area contributed by atoms with E-state index in [0.29, 0.717) is 12.8 Å². The van der Waals surface area contributed by atoms with Gasteiger partial charge in [-0.25, -0.2) is 4.79 Å². The van der Waals surface area contributed by atoms with E-state index < -0.39 is 151 Å². The Morgan fingerprint density at radius 3 is 1.71 bits per heavy atom. The highest BCUT2D eigenvalue weighted by Crippen LogP contribution is 2.20. The Kier molecular flexibility index (Phi) is 28.5. The van der Waals surface area contributed by atoms with Crippen molar-refractivity contribution in [3.05, 3.63) is 0 Å². The van der Waals surface area contributed by atoms with Gasteiger partial charge in [-0.1, -0.05) is 59.3 Å². The van der Waals surface area contributed by atoms with E-state index in [1.165, 1.54) is 6.92 Å². The van der Waals surface area contributed by atoms with Crippen LogP contribution in [0.1, 0.15) is 132 Å². The van der Waals surface area contributed by atoms with Crippen LogP contribution in [0.15, 0.2) is 0 Å². The van der Waals surface area contributed by atoms with Gasteiger partial charge in [-0.2, -0.15) is 0 Å². The quantitative estimate of drug-likeness (QED) is 0.0219.